The first kappa shape index (κ1) is 12.3. The molecule has 98 valence electrons. The van der Waals surface area contributed by atoms with Crippen LogP contribution in [0.5, 0.6) is 0 Å². The van der Waals surface area contributed by atoms with Crippen molar-refractivity contribution < 1.29 is 10.0 Å². The van der Waals surface area contributed by atoms with Gasteiger partial charge in [-0.15, -0.1) is 11.3 Å². The summed E-state index contributed by atoms with van der Waals surface area (Å²) in [5, 5.41) is 21.3. The largest absolute Gasteiger partial charge is 0.387 e. The zero-order valence-corrected chi connectivity index (χ0v) is 10.9. The van der Waals surface area contributed by atoms with Gasteiger partial charge in [0.25, 0.3) is 5.69 Å². The number of hydrogen-bond donors (Lipinski definition) is 1. The molecule has 3 rings (SSSR count). The molecule has 2 aromatic rings. The monoisotopic (exact) mass is 276 g/mol. The maximum Gasteiger partial charge on any atom is 0.269 e. The Morgan fingerprint density at radius 1 is 1.37 bits per heavy atom. The molecule has 1 aromatic heterocycles. The molecule has 0 radical (unpaired) electrons. The predicted octanol–water partition coefficient (Wildman–Crippen LogP) is 3.09. The van der Waals surface area contributed by atoms with E-state index in [1.54, 1.807) is 23.5 Å². The fraction of sp³-hybridized carbons (Fsp3) is 0.308. The minimum Gasteiger partial charge on any atom is -0.387 e. The maximum absolute atomic E-state index is 10.6. The molecule has 1 aromatic carbocycles. The summed E-state index contributed by atoms with van der Waals surface area (Å²) in [6.45, 7) is 0. The molecule has 1 atom stereocenters. The molecular formula is C13H12N2O3S. The van der Waals surface area contributed by atoms with Crippen LogP contribution in [-0.2, 0) is 6.42 Å². The second-order valence-corrected chi connectivity index (χ2v) is 5.62. The normalized spacial score (nSPS) is 18.1. The molecule has 1 unspecified atom stereocenters. The molecular weight excluding hydrogens is 264 g/mol. The number of aryl methyl sites for hydroxylation is 1. The lowest BCUT2D eigenvalue weighted by molar-refractivity contribution is -0.384. The van der Waals surface area contributed by atoms with Crippen LogP contribution in [0.2, 0.25) is 0 Å². The van der Waals surface area contributed by atoms with Crippen LogP contribution < -0.4 is 0 Å². The van der Waals surface area contributed by atoms with Gasteiger partial charge in [-0.05, 0) is 31.4 Å². The van der Waals surface area contributed by atoms with Gasteiger partial charge in [-0.25, -0.2) is 4.98 Å². The number of non-ortho nitro benzene ring substituents is 1. The van der Waals surface area contributed by atoms with Gasteiger partial charge >= 0.3 is 0 Å². The van der Waals surface area contributed by atoms with Crippen molar-refractivity contribution in [2.24, 2.45) is 0 Å². The van der Waals surface area contributed by atoms with Crippen molar-refractivity contribution >= 4 is 17.0 Å². The van der Waals surface area contributed by atoms with E-state index in [1.165, 1.54) is 12.1 Å². The second kappa shape index (κ2) is 4.71. The molecule has 0 spiro atoms. The number of nitro benzene ring substituents is 1. The minimum atomic E-state index is -0.466. The molecule has 0 amide bonds. The van der Waals surface area contributed by atoms with Crippen molar-refractivity contribution in [1.29, 1.82) is 0 Å². The van der Waals surface area contributed by atoms with Crippen LogP contribution in [0.15, 0.2) is 24.3 Å². The van der Waals surface area contributed by atoms with Crippen molar-refractivity contribution in [2.45, 2.75) is 25.4 Å². The SMILES string of the molecule is O=[N+]([O-])c1ccc(-c2nc3c(s2)CCCC3O)cc1. The molecule has 1 N–H and O–H groups in total. The van der Waals surface area contributed by atoms with Crippen LogP contribution in [0.3, 0.4) is 0 Å². The van der Waals surface area contributed by atoms with Gasteiger partial charge in [0.15, 0.2) is 0 Å². The summed E-state index contributed by atoms with van der Waals surface area (Å²) in [4.78, 5) is 15.8. The van der Waals surface area contributed by atoms with Gasteiger partial charge in [0.2, 0.25) is 0 Å². The average Bonchev–Trinajstić information content (AvgIpc) is 2.84. The number of aliphatic hydroxyl groups excluding tert-OH is 1. The summed E-state index contributed by atoms with van der Waals surface area (Å²) >= 11 is 1.57. The standard InChI is InChI=1S/C13H12N2O3S/c16-10-2-1-3-11-12(10)14-13(19-11)8-4-6-9(7-5-8)15(17)18/h4-7,10,16H,1-3H2. The molecule has 0 aliphatic heterocycles. The fourth-order valence-electron chi connectivity index (χ4n) is 2.24. The molecule has 1 aliphatic rings. The summed E-state index contributed by atoms with van der Waals surface area (Å²) in [6, 6.07) is 6.36. The highest BCUT2D eigenvalue weighted by molar-refractivity contribution is 7.15. The van der Waals surface area contributed by atoms with Crippen LogP contribution in [-0.4, -0.2) is 15.0 Å². The van der Waals surface area contributed by atoms with Gasteiger partial charge in [-0.2, -0.15) is 0 Å². The lowest BCUT2D eigenvalue weighted by Gasteiger charge is -2.14. The number of thiazole rings is 1. The van der Waals surface area contributed by atoms with E-state index < -0.39 is 11.0 Å². The van der Waals surface area contributed by atoms with E-state index in [2.05, 4.69) is 4.98 Å². The number of aliphatic hydroxyl groups is 1. The van der Waals surface area contributed by atoms with Gasteiger partial charge < -0.3 is 5.11 Å². The highest BCUT2D eigenvalue weighted by atomic mass is 32.1. The van der Waals surface area contributed by atoms with Crippen LogP contribution in [0.1, 0.15) is 29.5 Å². The van der Waals surface area contributed by atoms with Crippen molar-refractivity contribution in [1.82, 2.24) is 4.98 Å². The summed E-state index contributed by atoms with van der Waals surface area (Å²) in [7, 11) is 0. The van der Waals surface area contributed by atoms with Crippen molar-refractivity contribution in [3.8, 4) is 10.6 Å². The molecule has 0 saturated carbocycles. The highest BCUT2D eigenvalue weighted by Crippen LogP contribution is 2.37. The average molecular weight is 276 g/mol. The van der Waals surface area contributed by atoms with Crippen molar-refractivity contribution in [3.63, 3.8) is 0 Å². The Bertz CT molecular complexity index is 621. The van der Waals surface area contributed by atoms with Gasteiger partial charge in [-0.1, -0.05) is 0 Å². The number of nitro groups is 1. The summed E-state index contributed by atoms with van der Waals surface area (Å²) < 4.78 is 0. The van der Waals surface area contributed by atoms with Gasteiger partial charge in [0.1, 0.15) is 5.01 Å². The first-order valence-corrected chi connectivity index (χ1v) is 6.89. The molecule has 5 nitrogen and oxygen atoms in total. The highest BCUT2D eigenvalue weighted by Gasteiger charge is 2.23. The molecule has 1 aliphatic carbocycles. The number of aromatic nitrogens is 1. The minimum absolute atomic E-state index is 0.0742. The predicted molar refractivity (Wildman–Crippen MR) is 72.1 cm³/mol. The molecule has 0 bridgehead atoms. The van der Waals surface area contributed by atoms with E-state index in [1.807, 2.05) is 0 Å². The number of nitrogens with zero attached hydrogens (tertiary/aromatic N) is 2. The number of fused-ring (bicyclic) bond motifs is 1. The van der Waals surface area contributed by atoms with E-state index in [9.17, 15) is 15.2 Å². The van der Waals surface area contributed by atoms with E-state index in [-0.39, 0.29) is 5.69 Å². The van der Waals surface area contributed by atoms with E-state index in [0.717, 1.165) is 40.4 Å². The molecule has 1 heterocycles. The van der Waals surface area contributed by atoms with Crippen LogP contribution in [0, 0.1) is 10.1 Å². The molecule has 0 saturated heterocycles. The summed E-state index contributed by atoms with van der Waals surface area (Å²) in [5.41, 5.74) is 1.71. The Labute approximate surface area is 113 Å². The Morgan fingerprint density at radius 3 is 2.74 bits per heavy atom. The smallest absolute Gasteiger partial charge is 0.269 e. The Hall–Kier alpha value is -1.79. The number of benzene rings is 1. The Morgan fingerprint density at radius 2 is 2.11 bits per heavy atom. The van der Waals surface area contributed by atoms with Crippen molar-refractivity contribution in [2.75, 3.05) is 0 Å². The summed E-state index contributed by atoms with van der Waals surface area (Å²) in [6.07, 6.45) is 2.23. The van der Waals surface area contributed by atoms with E-state index >= 15 is 0 Å². The molecule has 6 heteroatoms. The lowest BCUT2D eigenvalue weighted by atomic mass is 10.0. The van der Waals surface area contributed by atoms with Gasteiger partial charge in [0, 0.05) is 22.6 Å². The third kappa shape index (κ3) is 2.24. The Kier molecular flexibility index (Phi) is 3.04. The van der Waals surface area contributed by atoms with E-state index in [4.69, 9.17) is 0 Å². The second-order valence-electron chi connectivity index (χ2n) is 4.54. The zero-order valence-electron chi connectivity index (χ0n) is 10.1. The quantitative estimate of drug-likeness (QED) is 0.675. The third-order valence-corrected chi connectivity index (χ3v) is 4.43. The van der Waals surface area contributed by atoms with E-state index in [0.29, 0.717) is 0 Å². The first-order valence-electron chi connectivity index (χ1n) is 6.07. The Balaban J connectivity index is 1.96. The third-order valence-electron chi connectivity index (χ3n) is 3.25. The topological polar surface area (TPSA) is 76.3 Å². The van der Waals surface area contributed by atoms with Crippen molar-refractivity contribution in [3.05, 3.63) is 45.0 Å². The zero-order chi connectivity index (χ0) is 13.4. The number of rotatable bonds is 2. The number of hydrogen-bond acceptors (Lipinski definition) is 5. The summed E-state index contributed by atoms with van der Waals surface area (Å²) in [5.74, 6) is 0. The molecule has 0 fully saturated rings. The lowest BCUT2D eigenvalue weighted by Crippen LogP contribution is -2.07. The molecule has 19 heavy (non-hydrogen) atoms. The van der Waals surface area contributed by atoms with Gasteiger partial charge in [0.05, 0.1) is 16.7 Å². The maximum atomic E-state index is 10.6. The van der Waals surface area contributed by atoms with Gasteiger partial charge in [-0.3, -0.25) is 10.1 Å². The first-order chi connectivity index (χ1) is 9.15. The van der Waals surface area contributed by atoms with Crippen LogP contribution >= 0.6 is 11.3 Å². The fourth-order valence-corrected chi connectivity index (χ4v) is 3.41. The van der Waals surface area contributed by atoms with Crippen LogP contribution in [0.25, 0.3) is 10.6 Å². The van der Waals surface area contributed by atoms with Crippen LogP contribution in [0.4, 0.5) is 5.69 Å².